The fraction of sp³-hybridized carbons (Fsp3) is 0.462. The minimum atomic E-state index is 0.0747. The topological polar surface area (TPSA) is 34.1 Å². The van der Waals surface area contributed by atoms with E-state index in [-0.39, 0.29) is 5.54 Å². The molecule has 0 radical (unpaired) electrons. The second kappa shape index (κ2) is 5.47. The van der Waals surface area contributed by atoms with E-state index in [4.69, 9.17) is 4.74 Å². The second-order valence-corrected chi connectivity index (χ2v) is 7.02. The van der Waals surface area contributed by atoms with E-state index in [9.17, 15) is 0 Å². The Hall–Kier alpha value is -0.780. The van der Waals surface area contributed by atoms with Gasteiger partial charge < -0.3 is 4.74 Å². The number of nitrogens with one attached hydrogen (secondary N) is 1. The predicted octanol–water partition coefficient (Wildman–Crippen LogP) is 4.09. The number of hydrogen-bond acceptors (Lipinski definition) is 5. The average molecular weight is 282 g/mol. The molecule has 1 heterocycles. The molecule has 3 nitrogen and oxygen atoms in total. The van der Waals surface area contributed by atoms with Gasteiger partial charge in [0.1, 0.15) is 5.75 Å². The Labute approximate surface area is 116 Å². The number of aromatic nitrogens is 1. The van der Waals surface area contributed by atoms with Gasteiger partial charge in [-0.15, -0.1) is 11.3 Å². The Morgan fingerprint density at radius 2 is 2.17 bits per heavy atom. The molecular weight excluding hydrogens is 264 g/mol. The molecule has 0 amide bonds. The van der Waals surface area contributed by atoms with Crippen molar-refractivity contribution in [2.75, 3.05) is 6.61 Å². The highest BCUT2D eigenvalue weighted by molar-refractivity contribution is 7.99. The fourth-order valence-corrected chi connectivity index (χ4v) is 3.26. The lowest BCUT2D eigenvalue weighted by Gasteiger charge is -2.17. The lowest BCUT2D eigenvalue weighted by atomic mass is 10.1. The molecule has 1 N–H and O–H groups in total. The van der Waals surface area contributed by atoms with Crippen molar-refractivity contribution in [1.29, 1.82) is 0 Å². The van der Waals surface area contributed by atoms with E-state index in [1.54, 1.807) is 23.3 Å². The first-order valence-electron chi connectivity index (χ1n) is 5.96. The zero-order valence-electron chi connectivity index (χ0n) is 11.1. The van der Waals surface area contributed by atoms with Crippen LogP contribution in [0.3, 0.4) is 0 Å². The maximum atomic E-state index is 5.62. The molecule has 18 heavy (non-hydrogen) atoms. The van der Waals surface area contributed by atoms with Gasteiger partial charge in [-0.1, -0.05) is 6.07 Å². The number of rotatable bonds is 4. The van der Waals surface area contributed by atoms with Crippen LogP contribution in [0.15, 0.2) is 22.5 Å². The zero-order chi connectivity index (χ0) is 13.2. The molecule has 1 aromatic carbocycles. The molecule has 0 bridgehead atoms. The first kappa shape index (κ1) is 13.6. The largest absolute Gasteiger partial charge is 0.492 e. The molecule has 2 rings (SSSR count). The standard InChI is InChI=1S/C13H18N2OS2/c1-5-16-10-8-6-7-9-11(10)17-12(14-9)18-15-13(2,3)4/h6-8,15H,5H2,1-4H3. The molecule has 98 valence electrons. The third kappa shape index (κ3) is 3.37. The van der Waals surface area contributed by atoms with Crippen LogP contribution in [0, 0.1) is 0 Å². The molecule has 0 aliphatic heterocycles. The van der Waals surface area contributed by atoms with Crippen molar-refractivity contribution < 1.29 is 4.74 Å². The van der Waals surface area contributed by atoms with Crippen molar-refractivity contribution >= 4 is 33.5 Å². The van der Waals surface area contributed by atoms with Gasteiger partial charge in [0.25, 0.3) is 0 Å². The van der Waals surface area contributed by atoms with E-state index in [0.717, 1.165) is 20.3 Å². The summed E-state index contributed by atoms with van der Waals surface area (Å²) in [4.78, 5) is 4.60. The second-order valence-electron chi connectivity index (χ2n) is 4.97. The van der Waals surface area contributed by atoms with E-state index in [1.807, 2.05) is 25.1 Å². The van der Waals surface area contributed by atoms with Crippen LogP contribution in [0.1, 0.15) is 27.7 Å². The third-order valence-electron chi connectivity index (χ3n) is 2.10. The summed E-state index contributed by atoms with van der Waals surface area (Å²) in [5, 5.41) is 0. The van der Waals surface area contributed by atoms with E-state index >= 15 is 0 Å². The summed E-state index contributed by atoms with van der Waals surface area (Å²) in [7, 11) is 0. The number of ether oxygens (including phenoxy) is 1. The number of hydrogen-bond donors (Lipinski definition) is 1. The summed E-state index contributed by atoms with van der Waals surface area (Å²) in [6.07, 6.45) is 0. The van der Waals surface area contributed by atoms with Crippen LogP contribution >= 0.6 is 23.3 Å². The van der Waals surface area contributed by atoms with E-state index in [0.29, 0.717) is 6.61 Å². The lowest BCUT2D eigenvalue weighted by molar-refractivity contribution is 0.345. The van der Waals surface area contributed by atoms with Crippen molar-refractivity contribution in [2.24, 2.45) is 0 Å². The first-order valence-corrected chi connectivity index (χ1v) is 7.59. The van der Waals surface area contributed by atoms with Crippen LogP contribution in [0.4, 0.5) is 0 Å². The van der Waals surface area contributed by atoms with Gasteiger partial charge in [-0.3, -0.25) is 4.72 Å². The SMILES string of the molecule is CCOc1cccc2nc(SNC(C)(C)C)sc12. The molecule has 1 aromatic heterocycles. The van der Waals surface area contributed by atoms with Crippen molar-refractivity contribution in [3.8, 4) is 5.75 Å². The van der Waals surface area contributed by atoms with Gasteiger partial charge >= 0.3 is 0 Å². The summed E-state index contributed by atoms with van der Waals surface area (Å²) in [6.45, 7) is 9.09. The van der Waals surface area contributed by atoms with Gasteiger partial charge in [0.05, 0.1) is 16.8 Å². The van der Waals surface area contributed by atoms with Gasteiger partial charge in [0.15, 0.2) is 4.34 Å². The number of fused-ring (bicyclic) bond motifs is 1. The lowest BCUT2D eigenvalue weighted by Crippen LogP contribution is -2.29. The van der Waals surface area contributed by atoms with Gasteiger partial charge in [0, 0.05) is 5.54 Å². The summed E-state index contributed by atoms with van der Waals surface area (Å²) >= 11 is 3.25. The predicted molar refractivity (Wildman–Crippen MR) is 79.5 cm³/mol. The molecule has 0 unspecified atom stereocenters. The van der Waals surface area contributed by atoms with Crippen LogP contribution in [0.2, 0.25) is 0 Å². The minimum absolute atomic E-state index is 0.0747. The molecule has 0 aliphatic carbocycles. The van der Waals surface area contributed by atoms with E-state index < -0.39 is 0 Å². The van der Waals surface area contributed by atoms with Crippen molar-refractivity contribution in [3.05, 3.63) is 18.2 Å². The van der Waals surface area contributed by atoms with Crippen molar-refractivity contribution in [1.82, 2.24) is 9.71 Å². The Bertz CT molecular complexity index is 531. The normalized spacial score (nSPS) is 12.0. The summed E-state index contributed by atoms with van der Waals surface area (Å²) < 4.78 is 11.1. The van der Waals surface area contributed by atoms with Crippen LogP contribution in [0.25, 0.3) is 10.2 Å². The van der Waals surface area contributed by atoms with Crippen LogP contribution < -0.4 is 9.46 Å². The summed E-state index contributed by atoms with van der Waals surface area (Å²) in [6, 6.07) is 6.00. The molecule has 0 spiro atoms. The number of benzene rings is 1. The molecular formula is C13H18N2OS2. The molecule has 5 heteroatoms. The Balaban J connectivity index is 2.24. The Morgan fingerprint density at radius 1 is 1.39 bits per heavy atom. The minimum Gasteiger partial charge on any atom is -0.492 e. The zero-order valence-corrected chi connectivity index (χ0v) is 12.7. The van der Waals surface area contributed by atoms with E-state index in [1.165, 1.54) is 0 Å². The first-order chi connectivity index (χ1) is 8.49. The van der Waals surface area contributed by atoms with Crippen LogP contribution in [0.5, 0.6) is 5.75 Å². The quantitative estimate of drug-likeness (QED) is 0.856. The molecule has 0 fully saturated rings. The third-order valence-corrected chi connectivity index (χ3v) is 4.46. The molecule has 2 aromatic rings. The average Bonchev–Trinajstić information content (AvgIpc) is 2.70. The Kier molecular flexibility index (Phi) is 4.14. The molecule has 0 aliphatic rings. The van der Waals surface area contributed by atoms with Crippen LogP contribution in [-0.4, -0.2) is 17.1 Å². The van der Waals surface area contributed by atoms with Crippen LogP contribution in [-0.2, 0) is 0 Å². The summed E-state index contributed by atoms with van der Waals surface area (Å²) in [5.41, 5.74) is 1.08. The highest BCUT2D eigenvalue weighted by Gasteiger charge is 2.13. The fourth-order valence-electron chi connectivity index (χ4n) is 1.41. The molecule has 0 saturated heterocycles. The molecule has 0 atom stereocenters. The maximum absolute atomic E-state index is 5.62. The van der Waals surface area contributed by atoms with Gasteiger partial charge in [0.2, 0.25) is 0 Å². The van der Waals surface area contributed by atoms with E-state index in [2.05, 4.69) is 30.5 Å². The Morgan fingerprint density at radius 3 is 2.83 bits per heavy atom. The monoisotopic (exact) mass is 282 g/mol. The van der Waals surface area contributed by atoms with Gasteiger partial charge in [-0.05, 0) is 51.8 Å². The maximum Gasteiger partial charge on any atom is 0.166 e. The van der Waals surface area contributed by atoms with Crippen molar-refractivity contribution in [3.63, 3.8) is 0 Å². The summed E-state index contributed by atoms with van der Waals surface area (Å²) in [5.74, 6) is 0.926. The number of thiazole rings is 1. The van der Waals surface area contributed by atoms with Crippen molar-refractivity contribution in [2.45, 2.75) is 37.6 Å². The number of nitrogens with zero attached hydrogens (tertiary/aromatic N) is 1. The highest BCUT2D eigenvalue weighted by atomic mass is 32.2. The van der Waals surface area contributed by atoms with Gasteiger partial charge in [-0.25, -0.2) is 4.98 Å². The smallest absolute Gasteiger partial charge is 0.166 e. The van der Waals surface area contributed by atoms with Gasteiger partial charge in [-0.2, -0.15) is 0 Å². The molecule has 0 saturated carbocycles. The highest BCUT2D eigenvalue weighted by Crippen LogP contribution is 2.35.